The zero-order chi connectivity index (χ0) is 17.8. The SMILES string of the molecule is Cc1cccc(NC(=O)c2ccc(=O)n(Cc3cccc(F)c3)n2)n1. The van der Waals surface area contributed by atoms with E-state index in [-0.39, 0.29) is 17.8 Å². The van der Waals surface area contributed by atoms with Crippen LogP contribution in [0.15, 0.2) is 59.4 Å². The largest absolute Gasteiger partial charge is 0.305 e. The van der Waals surface area contributed by atoms with Crippen molar-refractivity contribution >= 4 is 11.7 Å². The van der Waals surface area contributed by atoms with Crippen molar-refractivity contribution in [3.8, 4) is 0 Å². The lowest BCUT2D eigenvalue weighted by atomic mass is 10.2. The van der Waals surface area contributed by atoms with Crippen molar-refractivity contribution in [2.45, 2.75) is 13.5 Å². The predicted octanol–water partition coefficient (Wildman–Crippen LogP) is 2.39. The number of benzene rings is 1. The van der Waals surface area contributed by atoms with Crippen LogP contribution in [0.25, 0.3) is 0 Å². The number of rotatable bonds is 4. The fourth-order valence-electron chi connectivity index (χ4n) is 2.28. The zero-order valence-electron chi connectivity index (χ0n) is 13.4. The van der Waals surface area contributed by atoms with Gasteiger partial charge in [-0.05, 0) is 42.8 Å². The molecule has 0 aliphatic rings. The van der Waals surface area contributed by atoms with Crippen LogP contribution in [0.3, 0.4) is 0 Å². The standard InChI is InChI=1S/C18H15FN4O2/c1-12-4-2-7-16(20-12)21-18(25)15-8-9-17(24)23(22-15)11-13-5-3-6-14(19)10-13/h2-10H,11H2,1H3,(H,20,21,25). The number of pyridine rings is 1. The van der Waals surface area contributed by atoms with Crippen LogP contribution in [0, 0.1) is 12.7 Å². The molecule has 6 nitrogen and oxygen atoms in total. The van der Waals surface area contributed by atoms with Gasteiger partial charge in [0.1, 0.15) is 17.3 Å². The molecule has 126 valence electrons. The summed E-state index contributed by atoms with van der Waals surface area (Å²) in [5.74, 6) is -0.481. The van der Waals surface area contributed by atoms with Gasteiger partial charge in [0.15, 0.2) is 0 Å². The number of nitrogens with one attached hydrogen (secondary N) is 1. The van der Waals surface area contributed by atoms with Gasteiger partial charge in [-0.1, -0.05) is 18.2 Å². The Morgan fingerprint density at radius 2 is 1.96 bits per heavy atom. The van der Waals surface area contributed by atoms with Gasteiger partial charge < -0.3 is 5.32 Å². The highest BCUT2D eigenvalue weighted by molar-refractivity contribution is 6.02. The summed E-state index contributed by atoms with van der Waals surface area (Å²) in [4.78, 5) is 28.4. The van der Waals surface area contributed by atoms with Crippen LogP contribution in [0.4, 0.5) is 10.2 Å². The number of anilines is 1. The lowest BCUT2D eigenvalue weighted by Gasteiger charge is -2.08. The molecule has 0 saturated heterocycles. The van der Waals surface area contributed by atoms with Gasteiger partial charge >= 0.3 is 0 Å². The molecule has 1 N–H and O–H groups in total. The Bertz CT molecular complexity index is 985. The highest BCUT2D eigenvalue weighted by Gasteiger charge is 2.11. The molecule has 2 aromatic heterocycles. The molecule has 0 aliphatic heterocycles. The Hall–Kier alpha value is -3.35. The molecule has 1 amide bonds. The van der Waals surface area contributed by atoms with Crippen LogP contribution in [0.1, 0.15) is 21.7 Å². The van der Waals surface area contributed by atoms with Crippen molar-refractivity contribution in [1.29, 1.82) is 0 Å². The summed E-state index contributed by atoms with van der Waals surface area (Å²) in [5, 5.41) is 6.69. The van der Waals surface area contributed by atoms with Gasteiger partial charge in [-0.3, -0.25) is 9.59 Å². The average molecular weight is 338 g/mol. The number of hydrogen-bond donors (Lipinski definition) is 1. The van der Waals surface area contributed by atoms with Crippen LogP contribution < -0.4 is 10.9 Å². The number of halogens is 1. The Balaban J connectivity index is 1.83. The molecule has 0 bridgehead atoms. The van der Waals surface area contributed by atoms with Crippen molar-refractivity contribution in [3.63, 3.8) is 0 Å². The molecular formula is C18H15FN4O2. The van der Waals surface area contributed by atoms with Crippen molar-refractivity contribution in [2.24, 2.45) is 0 Å². The lowest BCUT2D eigenvalue weighted by Crippen LogP contribution is -2.26. The maximum Gasteiger partial charge on any atom is 0.277 e. The van der Waals surface area contributed by atoms with E-state index in [0.717, 1.165) is 10.4 Å². The first-order valence-corrected chi connectivity index (χ1v) is 7.59. The van der Waals surface area contributed by atoms with Gasteiger partial charge in [0, 0.05) is 11.8 Å². The first-order valence-electron chi connectivity index (χ1n) is 7.59. The highest BCUT2D eigenvalue weighted by Crippen LogP contribution is 2.07. The first-order chi connectivity index (χ1) is 12.0. The average Bonchev–Trinajstić information content (AvgIpc) is 2.57. The minimum Gasteiger partial charge on any atom is -0.305 e. The lowest BCUT2D eigenvalue weighted by molar-refractivity contribution is 0.101. The molecule has 3 rings (SSSR count). The molecule has 0 atom stereocenters. The van der Waals surface area contributed by atoms with Gasteiger partial charge in [0.2, 0.25) is 0 Å². The predicted molar refractivity (Wildman–Crippen MR) is 90.9 cm³/mol. The molecule has 1 aromatic carbocycles. The molecule has 0 fully saturated rings. The number of nitrogens with zero attached hydrogens (tertiary/aromatic N) is 3. The van der Waals surface area contributed by atoms with Crippen molar-refractivity contribution in [3.05, 3.63) is 87.7 Å². The first kappa shape index (κ1) is 16.5. The maximum atomic E-state index is 13.3. The summed E-state index contributed by atoms with van der Waals surface area (Å²) in [6.07, 6.45) is 0. The second kappa shape index (κ2) is 7.04. The van der Waals surface area contributed by atoms with E-state index in [0.29, 0.717) is 11.4 Å². The molecular weight excluding hydrogens is 323 g/mol. The Morgan fingerprint density at radius 1 is 1.16 bits per heavy atom. The number of amides is 1. The second-order valence-corrected chi connectivity index (χ2v) is 5.46. The van der Waals surface area contributed by atoms with Crippen LogP contribution in [-0.2, 0) is 6.54 Å². The normalized spacial score (nSPS) is 10.5. The quantitative estimate of drug-likeness (QED) is 0.792. The zero-order valence-corrected chi connectivity index (χ0v) is 13.4. The van der Waals surface area contributed by atoms with E-state index in [1.165, 1.54) is 24.3 Å². The Kier molecular flexibility index (Phi) is 4.65. The van der Waals surface area contributed by atoms with Crippen molar-refractivity contribution in [1.82, 2.24) is 14.8 Å². The summed E-state index contributed by atoms with van der Waals surface area (Å²) in [5.41, 5.74) is 1.03. The maximum absolute atomic E-state index is 13.3. The molecule has 0 spiro atoms. The van der Waals surface area contributed by atoms with Crippen LogP contribution >= 0.6 is 0 Å². The van der Waals surface area contributed by atoms with E-state index in [1.807, 2.05) is 13.0 Å². The van der Waals surface area contributed by atoms with Crippen LogP contribution in [-0.4, -0.2) is 20.7 Å². The summed E-state index contributed by atoms with van der Waals surface area (Å²) in [7, 11) is 0. The minimum absolute atomic E-state index is 0.0688. The Morgan fingerprint density at radius 3 is 2.72 bits per heavy atom. The second-order valence-electron chi connectivity index (χ2n) is 5.46. The fraction of sp³-hybridized carbons (Fsp3) is 0.111. The van der Waals surface area contributed by atoms with Crippen LogP contribution in [0.5, 0.6) is 0 Å². The number of carbonyl (C=O) groups is 1. The third-order valence-electron chi connectivity index (χ3n) is 3.45. The van der Waals surface area contributed by atoms with Crippen molar-refractivity contribution < 1.29 is 9.18 Å². The molecule has 25 heavy (non-hydrogen) atoms. The van der Waals surface area contributed by atoms with E-state index in [1.54, 1.807) is 24.3 Å². The highest BCUT2D eigenvalue weighted by atomic mass is 19.1. The number of aromatic nitrogens is 3. The van der Waals surface area contributed by atoms with Gasteiger partial charge in [0.05, 0.1) is 6.54 Å². The molecule has 0 saturated carbocycles. The summed E-state index contributed by atoms with van der Waals surface area (Å²) in [6.45, 7) is 1.88. The van der Waals surface area contributed by atoms with E-state index in [2.05, 4.69) is 15.4 Å². The molecule has 0 radical (unpaired) electrons. The smallest absolute Gasteiger partial charge is 0.277 e. The minimum atomic E-state index is -0.480. The molecule has 3 aromatic rings. The third kappa shape index (κ3) is 4.14. The van der Waals surface area contributed by atoms with Crippen LogP contribution in [0.2, 0.25) is 0 Å². The molecule has 7 heteroatoms. The van der Waals surface area contributed by atoms with Gasteiger partial charge in [-0.15, -0.1) is 0 Å². The van der Waals surface area contributed by atoms with Gasteiger partial charge in [0.25, 0.3) is 11.5 Å². The summed E-state index contributed by atoms with van der Waals surface area (Å²) < 4.78 is 14.4. The molecule has 0 aliphatic carbocycles. The van der Waals surface area contributed by atoms with E-state index in [9.17, 15) is 14.0 Å². The molecule has 2 heterocycles. The molecule has 0 unspecified atom stereocenters. The fourth-order valence-corrected chi connectivity index (χ4v) is 2.28. The number of aryl methyl sites for hydroxylation is 1. The van der Waals surface area contributed by atoms with Gasteiger partial charge in [-0.25, -0.2) is 14.1 Å². The van der Waals surface area contributed by atoms with Gasteiger partial charge in [-0.2, -0.15) is 5.10 Å². The monoisotopic (exact) mass is 338 g/mol. The Labute approximate surface area is 143 Å². The van der Waals surface area contributed by atoms with Crippen molar-refractivity contribution in [2.75, 3.05) is 5.32 Å². The van der Waals surface area contributed by atoms with E-state index >= 15 is 0 Å². The number of carbonyl (C=O) groups excluding carboxylic acids is 1. The topological polar surface area (TPSA) is 76.9 Å². The summed E-state index contributed by atoms with van der Waals surface area (Å²) >= 11 is 0. The third-order valence-corrected chi connectivity index (χ3v) is 3.45. The number of hydrogen-bond acceptors (Lipinski definition) is 4. The summed E-state index contributed by atoms with van der Waals surface area (Å²) in [6, 6.07) is 13.7. The van der Waals surface area contributed by atoms with E-state index < -0.39 is 11.7 Å². The van der Waals surface area contributed by atoms with E-state index in [4.69, 9.17) is 0 Å².